The summed E-state index contributed by atoms with van der Waals surface area (Å²) in [4.78, 5) is 30.2. The molecule has 3 aromatic rings. The average molecular weight is 405 g/mol. The Morgan fingerprint density at radius 2 is 1.93 bits per heavy atom. The van der Waals surface area contributed by atoms with Gasteiger partial charge < -0.3 is 9.88 Å². The minimum atomic E-state index is -0.483. The third-order valence-corrected chi connectivity index (χ3v) is 5.44. The van der Waals surface area contributed by atoms with Crippen LogP contribution in [0.15, 0.2) is 67.3 Å². The highest BCUT2D eigenvalue weighted by Crippen LogP contribution is 2.26. The van der Waals surface area contributed by atoms with E-state index in [0.717, 1.165) is 31.5 Å². The van der Waals surface area contributed by atoms with Crippen molar-refractivity contribution in [3.8, 4) is 5.69 Å². The van der Waals surface area contributed by atoms with Gasteiger partial charge in [-0.05, 0) is 43.6 Å². The number of nitro benzene ring substituents is 1. The van der Waals surface area contributed by atoms with E-state index in [1.807, 2.05) is 18.2 Å². The lowest BCUT2D eigenvalue weighted by Gasteiger charge is -2.28. The van der Waals surface area contributed by atoms with Gasteiger partial charge in [0.25, 0.3) is 11.6 Å². The van der Waals surface area contributed by atoms with E-state index in [2.05, 4.69) is 27.3 Å². The molecule has 0 aliphatic carbocycles. The molecule has 1 aromatic heterocycles. The Hall–Kier alpha value is -3.52. The van der Waals surface area contributed by atoms with Crippen molar-refractivity contribution in [3.05, 3.63) is 88.5 Å². The van der Waals surface area contributed by atoms with E-state index in [4.69, 9.17) is 0 Å². The fraction of sp³-hybridized carbons (Fsp3) is 0.273. The standard InChI is InChI=1S/C22H23N5O3/c28-22(18-8-9-19(20(14-18)27(29)30)26-13-10-23-16-26)24-15-21(25-11-4-5-12-25)17-6-2-1-3-7-17/h1-3,6-10,13-14,16,21H,4-5,11-12,15H2,(H,24,28). The third kappa shape index (κ3) is 4.23. The van der Waals surface area contributed by atoms with Crippen LogP contribution in [0, 0.1) is 10.1 Å². The summed E-state index contributed by atoms with van der Waals surface area (Å²) in [6, 6.07) is 14.7. The summed E-state index contributed by atoms with van der Waals surface area (Å²) in [5, 5.41) is 14.5. The molecule has 0 bridgehead atoms. The van der Waals surface area contributed by atoms with Crippen molar-refractivity contribution in [2.24, 2.45) is 0 Å². The number of carbonyl (C=O) groups excluding carboxylic acids is 1. The lowest BCUT2D eigenvalue weighted by Crippen LogP contribution is -2.36. The number of nitro groups is 1. The van der Waals surface area contributed by atoms with E-state index < -0.39 is 4.92 Å². The second kappa shape index (κ2) is 8.87. The van der Waals surface area contributed by atoms with Crippen LogP contribution in [0.5, 0.6) is 0 Å². The Morgan fingerprint density at radius 3 is 2.60 bits per heavy atom. The highest BCUT2D eigenvalue weighted by atomic mass is 16.6. The van der Waals surface area contributed by atoms with Gasteiger partial charge in [-0.1, -0.05) is 30.3 Å². The summed E-state index contributed by atoms with van der Waals surface area (Å²) < 4.78 is 1.55. The summed E-state index contributed by atoms with van der Waals surface area (Å²) in [6.45, 7) is 2.45. The molecule has 1 saturated heterocycles. The van der Waals surface area contributed by atoms with Gasteiger partial charge >= 0.3 is 0 Å². The lowest BCUT2D eigenvalue weighted by atomic mass is 10.1. The number of imidazole rings is 1. The highest BCUT2D eigenvalue weighted by molar-refractivity contribution is 5.95. The fourth-order valence-electron chi connectivity index (χ4n) is 3.91. The van der Waals surface area contributed by atoms with Crippen LogP contribution in [0.4, 0.5) is 5.69 Å². The molecule has 2 heterocycles. The monoisotopic (exact) mass is 405 g/mol. The minimum absolute atomic E-state index is 0.0813. The molecule has 0 spiro atoms. The summed E-state index contributed by atoms with van der Waals surface area (Å²) >= 11 is 0. The molecular formula is C22H23N5O3. The number of amides is 1. The summed E-state index contributed by atoms with van der Waals surface area (Å²) in [6.07, 6.45) is 6.97. The van der Waals surface area contributed by atoms with Crippen molar-refractivity contribution < 1.29 is 9.72 Å². The van der Waals surface area contributed by atoms with Crippen molar-refractivity contribution in [2.45, 2.75) is 18.9 Å². The summed E-state index contributed by atoms with van der Waals surface area (Å²) in [5.74, 6) is -0.324. The predicted octanol–water partition coefficient (Wildman–Crippen LogP) is 3.35. The number of aromatic nitrogens is 2. The van der Waals surface area contributed by atoms with Gasteiger partial charge in [0, 0.05) is 30.6 Å². The predicted molar refractivity (Wildman–Crippen MR) is 113 cm³/mol. The van der Waals surface area contributed by atoms with Crippen molar-refractivity contribution in [3.63, 3.8) is 0 Å². The number of nitrogens with one attached hydrogen (secondary N) is 1. The molecule has 1 amide bonds. The maximum Gasteiger partial charge on any atom is 0.294 e. The van der Waals surface area contributed by atoms with E-state index >= 15 is 0 Å². The second-order valence-corrected chi connectivity index (χ2v) is 7.31. The van der Waals surface area contributed by atoms with E-state index in [-0.39, 0.29) is 23.2 Å². The maximum atomic E-state index is 12.8. The molecule has 0 saturated carbocycles. The molecule has 1 aliphatic heterocycles. The molecule has 8 nitrogen and oxygen atoms in total. The topological polar surface area (TPSA) is 93.3 Å². The molecule has 154 valence electrons. The molecule has 8 heteroatoms. The number of carbonyl (C=O) groups is 1. The van der Waals surface area contributed by atoms with Crippen LogP contribution in [-0.4, -0.2) is 44.9 Å². The van der Waals surface area contributed by atoms with Crippen LogP contribution in [0.3, 0.4) is 0 Å². The van der Waals surface area contributed by atoms with Gasteiger partial charge in [-0.25, -0.2) is 4.98 Å². The average Bonchev–Trinajstić information content (AvgIpc) is 3.49. The smallest absolute Gasteiger partial charge is 0.294 e. The largest absolute Gasteiger partial charge is 0.350 e. The number of hydrogen-bond acceptors (Lipinski definition) is 5. The number of benzene rings is 2. The van der Waals surface area contributed by atoms with Gasteiger partial charge in [0.1, 0.15) is 5.69 Å². The molecule has 1 N–H and O–H groups in total. The van der Waals surface area contributed by atoms with Crippen LogP contribution in [0.2, 0.25) is 0 Å². The highest BCUT2D eigenvalue weighted by Gasteiger charge is 2.25. The van der Waals surface area contributed by atoms with Crippen LogP contribution >= 0.6 is 0 Å². The van der Waals surface area contributed by atoms with Crippen molar-refractivity contribution in [1.29, 1.82) is 0 Å². The van der Waals surface area contributed by atoms with E-state index in [9.17, 15) is 14.9 Å². The first-order valence-electron chi connectivity index (χ1n) is 9.97. The SMILES string of the molecule is O=C(NCC(c1ccccc1)N1CCCC1)c1ccc(-n2ccnc2)c([N+](=O)[O-])c1. The lowest BCUT2D eigenvalue weighted by molar-refractivity contribution is -0.384. The van der Waals surface area contributed by atoms with Crippen molar-refractivity contribution >= 4 is 11.6 Å². The van der Waals surface area contributed by atoms with Gasteiger partial charge in [0.05, 0.1) is 17.3 Å². The van der Waals surface area contributed by atoms with Crippen LogP contribution in [0.25, 0.3) is 5.69 Å². The van der Waals surface area contributed by atoms with Crippen molar-refractivity contribution in [2.75, 3.05) is 19.6 Å². The summed E-state index contributed by atoms with van der Waals surface area (Å²) in [7, 11) is 0. The van der Waals surface area contributed by atoms with E-state index in [1.165, 1.54) is 12.4 Å². The molecule has 1 atom stereocenters. The maximum absolute atomic E-state index is 12.8. The molecule has 0 radical (unpaired) electrons. The second-order valence-electron chi connectivity index (χ2n) is 7.31. The van der Waals surface area contributed by atoms with Gasteiger partial charge in [0.15, 0.2) is 0 Å². The zero-order valence-corrected chi connectivity index (χ0v) is 16.5. The zero-order valence-electron chi connectivity index (χ0n) is 16.5. The molecular weight excluding hydrogens is 382 g/mol. The fourth-order valence-corrected chi connectivity index (χ4v) is 3.91. The normalized spacial score (nSPS) is 15.1. The van der Waals surface area contributed by atoms with E-state index in [1.54, 1.807) is 29.1 Å². The molecule has 30 heavy (non-hydrogen) atoms. The Kier molecular flexibility index (Phi) is 5.85. The number of rotatable bonds is 7. The zero-order chi connectivity index (χ0) is 20.9. The van der Waals surface area contributed by atoms with Gasteiger partial charge in [-0.2, -0.15) is 0 Å². The first kappa shape index (κ1) is 19.8. The quantitative estimate of drug-likeness (QED) is 0.481. The molecule has 1 unspecified atom stereocenters. The first-order valence-corrected chi connectivity index (χ1v) is 9.97. The first-order chi connectivity index (χ1) is 14.6. The molecule has 1 fully saturated rings. The van der Waals surface area contributed by atoms with Crippen LogP contribution < -0.4 is 5.32 Å². The Balaban J connectivity index is 1.52. The summed E-state index contributed by atoms with van der Waals surface area (Å²) in [5.41, 5.74) is 1.65. The molecule has 4 rings (SSSR count). The number of hydrogen-bond donors (Lipinski definition) is 1. The van der Waals surface area contributed by atoms with Crippen LogP contribution in [0.1, 0.15) is 34.8 Å². The van der Waals surface area contributed by atoms with Crippen LogP contribution in [-0.2, 0) is 0 Å². The molecule has 1 aliphatic rings. The van der Waals surface area contributed by atoms with Gasteiger partial charge in [-0.15, -0.1) is 0 Å². The van der Waals surface area contributed by atoms with Gasteiger partial charge in [0.2, 0.25) is 0 Å². The Labute approximate surface area is 174 Å². The number of likely N-dealkylation sites (tertiary alicyclic amines) is 1. The molecule has 2 aromatic carbocycles. The Morgan fingerprint density at radius 1 is 1.17 bits per heavy atom. The van der Waals surface area contributed by atoms with E-state index in [0.29, 0.717) is 12.2 Å². The Bertz CT molecular complexity index is 1010. The van der Waals surface area contributed by atoms with Crippen molar-refractivity contribution in [1.82, 2.24) is 19.8 Å². The minimum Gasteiger partial charge on any atom is -0.350 e. The van der Waals surface area contributed by atoms with Gasteiger partial charge in [-0.3, -0.25) is 19.8 Å². The third-order valence-electron chi connectivity index (χ3n) is 5.44. The number of nitrogens with zero attached hydrogens (tertiary/aromatic N) is 4.